The summed E-state index contributed by atoms with van der Waals surface area (Å²) in [6.45, 7) is 0. The Morgan fingerprint density at radius 1 is 0.784 bits per heavy atom. The Kier molecular flexibility index (Phi) is 12.2. The standard InChI is InChI=1S/C20H28N6O11/c21-10(1-3-14(27)28)17(33)25-13(6-16(31)32)19(35)26-12(5-9-7-22-8-23-9)18(34)24-11(20(36)37)2-4-15(29)30/h7-8,10-13H,1-6,21H2,(H,22,23)(H,24,34)(H,25,33)(H,26,35)(H,27,28)(H,29,30)(H,31,32)(H,36,37). The smallest absolute Gasteiger partial charge is 0.326 e. The number of hydrogen-bond acceptors (Lipinski definition) is 9. The van der Waals surface area contributed by atoms with E-state index in [1.54, 1.807) is 0 Å². The number of nitrogens with one attached hydrogen (secondary N) is 4. The van der Waals surface area contributed by atoms with E-state index in [9.17, 15) is 38.7 Å². The Bertz CT molecular complexity index is 997. The number of rotatable bonds is 17. The van der Waals surface area contributed by atoms with Crippen LogP contribution in [0.1, 0.15) is 37.8 Å². The molecule has 1 aromatic heterocycles. The molecule has 0 spiro atoms. The number of amides is 3. The zero-order valence-electron chi connectivity index (χ0n) is 19.4. The van der Waals surface area contributed by atoms with Gasteiger partial charge >= 0.3 is 23.9 Å². The summed E-state index contributed by atoms with van der Waals surface area (Å²) < 4.78 is 0. The molecule has 17 nitrogen and oxygen atoms in total. The molecule has 0 aromatic carbocycles. The number of carboxylic acids is 4. The van der Waals surface area contributed by atoms with Crippen molar-refractivity contribution in [2.45, 2.75) is 62.7 Å². The summed E-state index contributed by atoms with van der Waals surface area (Å²) in [5, 5.41) is 42.4. The highest BCUT2D eigenvalue weighted by Crippen LogP contribution is 2.05. The third kappa shape index (κ3) is 11.6. The van der Waals surface area contributed by atoms with Gasteiger partial charge in [0.1, 0.15) is 18.1 Å². The zero-order valence-corrected chi connectivity index (χ0v) is 19.4. The molecule has 37 heavy (non-hydrogen) atoms. The quantitative estimate of drug-likeness (QED) is 0.0976. The molecule has 0 fully saturated rings. The van der Waals surface area contributed by atoms with Crippen LogP contribution in [0.5, 0.6) is 0 Å². The van der Waals surface area contributed by atoms with E-state index in [4.69, 9.17) is 21.1 Å². The van der Waals surface area contributed by atoms with E-state index < -0.39 is 91.4 Å². The number of H-pyrrole nitrogens is 1. The van der Waals surface area contributed by atoms with Gasteiger partial charge in [0.25, 0.3) is 0 Å². The van der Waals surface area contributed by atoms with Crippen molar-refractivity contribution in [1.29, 1.82) is 0 Å². The average molecular weight is 528 g/mol. The van der Waals surface area contributed by atoms with Crippen LogP contribution in [0.25, 0.3) is 0 Å². The van der Waals surface area contributed by atoms with Crippen molar-refractivity contribution in [2.24, 2.45) is 5.73 Å². The Labute approximate surface area is 208 Å². The number of aromatic amines is 1. The van der Waals surface area contributed by atoms with Crippen molar-refractivity contribution < 1.29 is 54.0 Å². The third-order valence-corrected chi connectivity index (χ3v) is 4.89. The molecule has 10 N–H and O–H groups in total. The Morgan fingerprint density at radius 2 is 1.32 bits per heavy atom. The summed E-state index contributed by atoms with van der Waals surface area (Å²) in [6, 6.07) is -6.19. The second kappa shape index (κ2) is 14.8. The molecule has 1 heterocycles. The third-order valence-electron chi connectivity index (χ3n) is 4.89. The number of aromatic nitrogens is 2. The fourth-order valence-corrected chi connectivity index (χ4v) is 2.97. The Balaban J connectivity index is 3.05. The van der Waals surface area contributed by atoms with E-state index in [0.29, 0.717) is 5.69 Å². The van der Waals surface area contributed by atoms with Gasteiger partial charge in [0.2, 0.25) is 17.7 Å². The monoisotopic (exact) mass is 528 g/mol. The normalized spacial score (nSPS) is 13.9. The van der Waals surface area contributed by atoms with E-state index >= 15 is 0 Å². The maximum Gasteiger partial charge on any atom is 0.326 e. The molecule has 0 aliphatic heterocycles. The van der Waals surface area contributed by atoms with E-state index in [1.807, 2.05) is 0 Å². The molecule has 0 saturated carbocycles. The number of carboxylic acid groups (broad SMARTS) is 4. The lowest BCUT2D eigenvalue weighted by molar-refractivity contribution is -0.144. The van der Waals surface area contributed by atoms with Crippen LogP contribution < -0.4 is 21.7 Å². The zero-order chi connectivity index (χ0) is 28.1. The van der Waals surface area contributed by atoms with Crippen LogP contribution in [0, 0.1) is 0 Å². The molecular formula is C20H28N6O11. The van der Waals surface area contributed by atoms with Gasteiger partial charge in [-0.2, -0.15) is 0 Å². The summed E-state index contributed by atoms with van der Waals surface area (Å²) in [7, 11) is 0. The van der Waals surface area contributed by atoms with Crippen LogP contribution in [0.3, 0.4) is 0 Å². The van der Waals surface area contributed by atoms with Crippen LogP contribution in [0.2, 0.25) is 0 Å². The summed E-state index contributed by atoms with van der Waals surface area (Å²) >= 11 is 0. The number of imidazole rings is 1. The predicted molar refractivity (Wildman–Crippen MR) is 120 cm³/mol. The van der Waals surface area contributed by atoms with E-state index in [-0.39, 0.29) is 12.8 Å². The summed E-state index contributed by atoms with van der Waals surface area (Å²) in [6.07, 6.45) is -0.359. The second-order valence-electron chi connectivity index (χ2n) is 7.87. The van der Waals surface area contributed by atoms with Gasteiger partial charge in [-0.15, -0.1) is 0 Å². The number of nitrogens with zero attached hydrogens (tertiary/aromatic N) is 1. The van der Waals surface area contributed by atoms with Crippen molar-refractivity contribution in [3.05, 3.63) is 18.2 Å². The lowest BCUT2D eigenvalue weighted by Crippen LogP contribution is -2.58. The highest BCUT2D eigenvalue weighted by molar-refractivity contribution is 5.95. The lowest BCUT2D eigenvalue weighted by atomic mass is 10.1. The van der Waals surface area contributed by atoms with Crippen LogP contribution in [0.4, 0.5) is 0 Å². The number of nitrogens with two attached hydrogens (primary N) is 1. The summed E-state index contributed by atoms with van der Waals surface area (Å²) in [5.74, 6) is -8.69. The molecule has 0 radical (unpaired) electrons. The van der Waals surface area contributed by atoms with Crippen LogP contribution >= 0.6 is 0 Å². The number of hydrogen-bond donors (Lipinski definition) is 9. The average Bonchev–Trinajstić information content (AvgIpc) is 3.31. The maximum absolute atomic E-state index is 12.9. The molecule has 0 saturated heterocycles. The van der Waals surface area contributed by atoms with Crippen molar-refractivity contribution in [1.82, 2.24) is 25.9 Å². The highest BCUT2D eigenvalue weighted by Gasteiger charge is 2.32. The minimum atomic E-state index is -1.72. The van der Waals surface area contributed by atoms with Crippen molar-refractivity contribution >= 4 is 41.6 Å². The van der Waals surface area contributed by atoms with Crippen LogP contribution in [-0.2, 0) is 40.0 Å². The summed E-state index contributed by atoms with van der Waals surface area (Å²) in [5.41, 5.74) is 5.92. The van der Waals surface area contributed by atoms with E-state index in [2.05, 4.69) is 25.9 Å². The molecule has 4 unspecified atom stereocenters. The minimum absolute atomic E-state index is 0.255. The number of carbonyl (C=O) groups is 7. The molecule has 0 aliphatic rings. The first-order chi connectivity index (χ1) is 17.3. The van der Waals surface area contributed by atoms with Gasteiger partial charge in [-0.25, -0.2) is 9.78 Å². The van der Waals surface area contributed by atoms with E-state index in [0.717, 1.165) is 0 Å². The van der Waals surface area contributed by atoms with Crippen LogP contribution in [0.15, 0.2) is 12.5 Å². The van der Waals surface area contributed by atoms with Gasteiger partial charge in [-0.1, -0.05) is 0 Å². The molecule has 1 rings (SSSR count). The molecule has 0 aliphatic carbocycles. The van der Waals surface area contributed by atoms with Crippen molar-refractivity contribution in [3.8, 4) is 0 Å². The van der Waals surface area contributed by atoms with E-state index in [1.165, 1.54) is 12.5 Å². The Hall–Kier alpha value is -4.54. The largest absolute Gasteiger partial charge is 0.481 e. The fourth-order valence-electron chi connectivity index (χ4n) is 2.97. The first-order valence-electron chi connectivity index (χ1n) is 10.8. The van der Waals surface area contributed by atoms with Crippen LogP contribution in [-0.4, -0.2) is 96.2 Å². The molecule has 17 heteroatoms. The molecule has 3 amide bonds. The molecule has 204 valence electrons. The first-order valence-corrected chi connectivity index (χ1v) is 10.8. The maximum atomic E-state index is 12.9. The predicted octanol–water partition coefficient (Wildman–Crippen LogP) is -2.98. The summed E-state index contributed by atoms with van der Waals surface area (Å²) in [4.78, 5) is 88.6. The number of carbonyl (C=O) groups excluding carboxylic acids is 3. The van der Waals surface area contributed by atoms with Crippen molar-refractivity contribution in [3.63, 3.8) is 0 Å². The lowest BCUT2D eigenvalue weighted by Gasteiger charge is -2.24. The number of aliphatic carboxylic acids is 4. The van der Waals surface area contributed by atoms with Crippen molar-refractivity contribution in [2.75, 3.05) is 0 Å². The van der Waals surface area contributed by atoms with Gasteiger partial charge in [-0.05, 0) is 12.8 Å². The van der Waals surface area contributed by atoms with Gasteiger partial charge < -0.3 is 47.1 Å². The highest BCUT2D eigenvalue weighted by atomic mass is 16.4. The Morgan fingerprint density at radius 3 is 1.84 bits per heavy atom. The SMILES string of the molecule is NC(CCC(=O)O)C(=O)NC(CC(=O)O)C(=O)NC(Cc1cnc[nH]1)C(=O)NC(CCC(=O)O)C(=O)O. The fraction of sp³-hybridized carbons (Fsp3) is 0.500. The second-order valence-corrected chi connectivity index (χ2v) is 7.87. The van der Waals surface area contributed by atoms with Gasteiger partial charge in [0, 0.05) is 31.2 Å². The minimum Gasteiger partial charge on any atom is -0.481 e. The molecule has 4 atom stereocenters. The first kappa shape index (κ1) is 30.5. The molecular weight excluding hydrogens is 500 g/mol. The topological polar surface area (TPSA) is 291 Å². The van der Waals surface area contributed by atoms with Gasteiger partial charge in [-0.3, -0.25) is 28.8 Å². The molecule has 0 bridgehead atoms. The van der Waals surface area contributed by atoms with Gasteiger partial charge in [0.05, 0.1) is 18.8 Å². The molecule has 1 aromatic rings. The van der Waals surface area contributed by atoms with Gasteiger partial charge in [0.15, 0.2) is 0 Å².